The van der Waals surface area contributed by atoms with E-state index in [4.69, 9.17) is 4.42 Å². The Labute approximate surface area is 87.0 Å². The quantitative estimate of drug-likeness (QED) is 0.762. The Hall–Kier alpha value is -1.97. The van der Waals surface area contributed by atoms with Gasteiger partial charge in [0, 0.05) is 18.0 Å². The second-order valence-corrected chi connectivity index (χ2v) is 3.25. The van der Waals surface area contributed by atoms with E-state index in [1.54, 1.807) is 18.6 Å². The first-order chi connectivity index (χ1) is 7.25. The molecule has 0 aromatic carbocycles. The van der Waals surface area contributed by atoms with E-state index in [0.29, 0.717) is 11.7 Å². The Kier molecular flexibility index (Phi) is 2.58. The smallest absolute Gasteiger partial charge is 0.226 e. The van der Waals surface area contributed by atoms with Gasteiger partial charge in [0.25, 0.3) is 0 Å². The van der Waals surface area contributed by atoms with Crippen LogP contribution in [0.1, 0.15) is 12.7 Å². The zero-order chi connectivity index (χ0) is 10.7. The highest BCUT2D eigenvalue weighted by atomic mass is 16.4. The van der Waals surface area contributed by atoms with Crippen LogP contribution in [0.3, 0.4) is 0 Å². The minimum atomic E-state index is 0.0624. The Balaban J connectivity index is 2.24. The number of oxazole rings is 1. The minimum absolute atomic E-state index is 0.0624. The second-order valence-electron chi connectivity index (χ2n) is 3.25. The van der Waals surface area contributed by atoms with E-state index in [9.17, 15) is 4.79 Å². The van der Waals surface area contributed by atoms with Crippen LogP contribution in [0.15, 0.2) is 35.1 Å². The molecule has 0 saturated heterocycles. The zero-order valence-electron chi connectivity index (χ0n) is 8.30. The largest absolute Gasteiger partial charge is 0.441 e. The summed E-state index contributed by atoms with van der Waals surface area (Å²) in [5.74, 6) is 1.18. The van der Waals surface area contributed by atoms with E-state index in [0.717, 1.165) is 5.56 Å². The lowest BCUT2D eigenvalue weighted by atomic mass is 10.3. The fraction of sp³-hybridized carbons (Fsp3) is 0.182. The topological polar surface area (TPSA) is 56.0 Å². The number of hydrogen-bond donors (Lipinski definition) is 0. The molecule has 0 aliphatic rings. The van der Waals surface area contributed by atoms with E-state index in [2.05, 4.69) is 9.97 Å². The SMILES string of the molecule is CC(=O)Cc1cnc(-c2ccncc2)o1. The molecule has 0 amide bonds. The molecule has 0 bridgehead atoms. The van der Waals surface area contributed by atoms with Gasteiger partial charge in [-0.15, -0.1) is 0 Å². The molecular formula is C11H10N2O2. The molecule has 2 rings (SSSR count). The number of hydrogen-bond acceptors (Lipinski definition) is 4. The molecule has 76 valence electrons. The highest BCUT2D eigenvalue weighted by Crippen LogP contribution is 2.18. The van der Waals surface area contributed by atoms with Crippen molar-refractivity contribution < 1.29 is 9.21 Å². The summed E-state index contributed by atoms with van der Waals surface area (Å²) in [4.78, 5) is 18.9. The lowest BCUT2D eigenvalue weighted by Gasteiger charge is -1.93. The third kappa shape index (κ3) is 2.28. The molecule has 15 heavy (non-hydrogen) atoms. The van der Waals surface area contributed by atoms with Gasteiger partial charge in [-0.05, 0) is 19.1 Å². The fourth-order valence-corrected chi connectivity index (χ4v) is 1.26. The van der Waals surface area contributed by atoms with E-state index in [1.807, 2.05) is 12.1 Å². The molecule has 0 N–H and O–H groups in total. The van der Waals surface area contributed by atoms with Gasteiger partial charge in [-0.2, -0.15) is 0 Å². The van der Waals surface area contributed by atoms with Crippen molar-refractivity contribution in [1.82, 2.24) is 9.97 Å². The number of Topliss-reactive ketones (excluding diaryl/α,β-unsaturated/α-hetero) is 1. The Morgan fingerprint density at radius 3 is 2.80 bits per heavy atom. The number of rotatable bonds is 3. The lowest BCUT2D eigenvalue weighted by molar-refractivity contribution is -0.116. The number of ketones is 1. The predicted octanol–water partition coefficient (Wildman–Crippen LogP) is 1.87. The first kappa shape index (κ1) is 9.58. The van der Waals surface area contributed by atoms with Crippen molar-refractivity contribution in [2.45, 2.75) is 13.3 Å². The van der Waals surface area contributed by atoms with Crippen LogP contribution in [-0.4, -0.2) is 15.8 Å². The van der Waals surface area contributed by atoms with Gasteiger partial charge in [-0.3, -0.25) is 9.78 Å². The van der Waals surface area contributed by atoms with E-state index in [-0.39, 0.29) is 12.2 Å². The Morgan fingerprint density at radius 1 is 1.40 bits per heavy atom. The van der Waals surface area contributed by atoms with Crippen molar-refractivity contribution in [3.63, 3.8) is 0 Å². The average Bonchev–Trinajstić information content (AvgIpc) is 2.67. The summed E-state index contributed by atoms with van der Waals surface area (Å²) in [6.07, 6.45) is 5.21. The van der Waals surface area contributed by atoms with Crippen molar-refractivity contribution in [2.75, 3.05) is 0 Å². The van der Waals surface area contributed by atoms with Gasteiger partial charge in [0.1, 0.15) is 11.5 Å². The molecule has 2 aromatic heterocycles. The van der Waals surface area contributed by atoms with Crippen LogP contribution in [-0.2, 0) is 11.2 Å². The molecule has 4 heteroatoms. The highest BCUT2D eigenvalue weighted by molar-refractivity contribution is 5.77. The number of aromatic nitrogens is 2. The van der Waals surface area contributed by atoms with E-state index < -0.39 is 0 Å². The molecule has 0 aliphatic carbocycles. The number of nitrogens with zero attached hydrogens (tertiary/aromatic N) is 2. The van der Waals surface area contributed by atoms with Crippen LogP contribution < -0.4 is 0 Å². The zero-order valence-corrected chi connectivity index (χ0v) is 8.30. The third-order valence-electron chi connectivity index (χ3n) is 1.90. The van der Waals surface area contributed by atoms with E-state index >= 15 is 0 Å². The normalized spacial score (nSPS) is 10.2. The Morgan fingerprint density at radius 2 is 2.13 bits per heavy atom. The number of carbonyl (C=O) groups is 1. The summed E-state index contributed by atoms with van der Waals surface area (Å²) >= 11 is 0. The van der Waals surface area contributed by atoms with Crippen molar-refractivity contribution in [2.24, 2.45) is 0 Å². The second kappa shape index (κ2) is 4.04. The first-order valence-corrected chi connectivity index (χ1v) is 4.60. The maximum absolute atomic E-state index is 10.9. The first-order valence-electron chi connectivity index (χ1n) is 4.60. The van der Waals surface area contributed by atoms with Gasteiger partial charge in [-0.1, -0.05) is 0 Å². The molecule has 0 aliphatic heterocycles. The summed E-state index contributed by atoms with van der Waals surface area (Å²) in [7, 11) is 0. The maximum Gasteiger partial charge on any atom is 0.226 e. The molecule has 0 unspecified atom stereocenters. The maximum atomic E-state index is 10.9. The summed E-state index contributed by atoms with van der Waals surface area (Å²) in [5, 5.41) is 0. The van der Waals surface area contributed by atoms with Gasteiger partial charge in [0.15, 0.2) is 0 Å². The monoisotopic (exact) mass is 202 g/mol. The van der Waals surface area contributed by atoms with Gasteiger partial charge in [0.05, 0.1) is 12.6 Å². The molecule has 0 saturated carbocycles. The fourth-order valence-electron chi connectivity index (χ4n) is 1.26. The summed E-state index contributed by atoms with van der Waals surface area (Å²) in [5.41, 5.74) is 0.861. The van der Waals surface area contributed by atoms with Crippen LogP contribution in [0.25, 0.3) is 11.5 Å². The van der Waals surface area contributed by atoms with Crippen LogP contribution in [0.5, 0.6) is 0 Å². The van der Waals surface area contributed by atoms with Gasteiger partial charge >= 0.3 is 0 Å². The van der Waals surface area contributed by atoms with Gasteiger partial charge in [-0.25, -0.2) is 4.98 Å². The minimum Gasteiger partial charge on any atom is -0.441 e. The molecule has 0 radical (unpaired) electrons. The highest BCUT2D eigenvalue weighted by Gasteiger charge is 2.07. The van der Waals surface area contributed by atoms with Crippen LogP contribution in [0.4, 0.5) is 0 Å². The van der Waals surface area contributed by atoms with E-state index in [1.165, 1.54) is 6.92 Å². The molecule has 2 heterocycles. The van der Waals surface area contributed by atoms with Crippen LogP contribution in [0.2, 0.25) is 0 Å². The van der Waals surface area contributed by atoms with Crippen molar-refractivity contribution in [1.29, 1.82) is 0 Å². The molecular weight excluding hydrogens is 192 g/mol. The van der Waals surface area contributed by atoms with Crippen molar-refractivity contribution >= 4 is 5.78 Å². The average molecular weight is 202 g/mol. The summed E-state index contributed by atoms with van der Waals surface area (Å²) < 4.78 is 5.42. The van der Waals surface area contributed by atoms with Gasteiger partial charge in [0.2, 0.25) is 5.89 Å². The van der Waals surface area contributed by atoms with Gasteiger partial charge < -0.3 is 4.42 Å². The predicted molar refractivity (Wildman–Crippen MR) is 54.1 cm³/mol. The molecule has 2 aromatic rings. The molecule has 0 atom stereocenters. The molecule has 0 fully saturated rings. The molecule has 4 nitrogen and oxygen atoms in total. The molecule has 0 spiro atoms. The summed E-state index contributed by atoms with van der Waals surface area (Å²) in [6, 6.07) is 3.62. The van der Waals surface area contributed by atoms with Crippen molar-refractivity contribution in [3.05, 3.63) is 36.5 Å². The van der Waals surface area contributed by atoms with Crippen LogP contribution in [0, 0.1) is 0 Å². The van der Waals surface area contributed by atoms with Crippen LogP contribution >= 0.6 is 0 Å². The number of pyridine rings is 1. The van der Waals surface area contributed by atoms with Crippen molar-refractivity contribution in [3.8, 4) is 11.5 Å². The number of carbonyl (C=O) groups excluding carboxylic acids is 1. The lowest BCUT2D eigenvalue weighted by Crippen LogP contribution is -1.93. The third-order valence-corrected chi connectivity index (χ3v) is 1.90. The standard InChI is InChI=1S/C11H10N2O2/c1-8(14)6-10-7-13-11(15-10)9-2-4-12-5-3-9/h2-5,7H,6H2,1H3. The Bertz CT molecular complexity index is 462. The summed E-state index contributed by atoms with van der Waals surface area (Å²) in [6.45, 7) is 1.52.